The quantitative estimate of drug-likeness (QED) is 0.695. The molecule has 1 heterocycles. The molecule has 0 unspecified atom stereocenters. The molecule has 0 amide bonds. The van der Waals surface area contributed by atoms with Crippen LogP contribution in [0.2, 0.25) is 0 Å². The van der Waals surface area contributed by atoms with Crippen molar-refractivity contribution >= 4 is 0 Å². The van der Waals surface area contributed by atoms with Crippen molar-refractivity contribution in [2.75, 3.05) is 0 Å². The van der Waals surface area contributed by atoms with Crippen molar-refractivity contribution in [1.82, 2.24) is 0 Å². The zero-order chi connectivity index (χ0) is 12.0. The fraction of sp³-hybridized carbons (Fsp3) is 0.643. The van der Waals surface area contributed by atoms with E-state index in [-0.39, 0.29) is 0 Å². The highest BCUT2D eigenvalue weighted by Crippen LogP contribution is 2.23. The van der Waals surface area contributed by atoms with Crippen LogP contribution in [-0.4, -0.2) is 0 Å². The van der Waals surface area contributed by atoms with Crippen molar-refractivity contribution in [3.05, 3.63) is 29.1 Å². The number of nitrogens with one attached hydrogen (secondary N) is 1. The molecule has 0 aromatic carbocycles. The fourth-order valence-corrected chi connectivity index (χ4v) is 1.80. The van der Waals surface area contributed by atoms with E-state index in [2.05, 4.69) is 52.0 Å². The van der Waals surface area contributed by atoms with Gasteiger partial charge in [0.25, 0.3) is 0 Å². The largest absolute Gasteiger partial charge is 0.217 e. The topological polar surface area (TPSA) is 14.1 Å². The molecule has 0 radical (unpaired) electrons. The Balaban J connectivity index is 0.000000921. The van der Waals surface area contributed by atoms with Crippen LogP contribution >= 0.6 is 0 Å². The predicted molar refractivity (Wildman–Crippen MR) is 67.3 cm³/mol. The maximum atomic E-state index is 3.23. The molecule has 1 heteroatoms. The smallest absolute Gasteiger partial charge is 0.170 e. The van der Waals surface area contributed by atoms with Crippen molar-refractivity contribution in [1.29, 1.82) is 0 Å². The molecule has 0 fully saturated rings. The van der Waals surface area contributed by atoms with Gasteiger partial charge < -0.3 is 0 Å². The molecule has 0 spiro atoms. The number of H-pyrrole nitrogens is 1. The van der Waals surface area contributed by atoms with E-state index in [9.17, 15) is 0 Å². The van der Waals surface area contributed by atoms with Gasteiger partial charge in [0.2, 0.25) is 0 Å². The highest BCUT2D eigenvalue weighted by Gasteiger charge is 2.13. The van der Waals surface area contributed by atoms with Crippen LogP contribution in [0.4, 0.5) is 0 Å². The van der Waals surface area contributed by atoms with Crippen LogP contribution in [0.1, 0.15) is 70.1 Å². The lowest BCUT2D eigenvalue weighted by Gasteiger charge is -2.12. The molecule has 0 aliphatic rings. The summed E-state index contributed by atoms with van der Waals surface area (Å²) in [4.78, 5) is 3.23. The number of rotatable bonds is 2. The number of hydrogen-bond acceptors (Lipinski definition) is 0. The SMILES string of the molecule is CC.Cc1c(C(C)C)c[nH+]cc1C(C)C. The predicted octanol–water partition coefficient (Wildman–Crippen LogP) is 4.08. The third-order valence-electron chi connectivity index (χ3n) is 2.59. The summed E-state index contributed by atoms with van der Waals surface area (Å²) < 4.78 is 0. The van der Waals surface area contributed by atoms with Gasteiger partial charge in [-0.05, 0) is 24.3 Å². The van der Waals surface area contributed by atoms with Gasteiger partial charge >= 0.3 is 0 Å². The van der Waals surface area contributed by atoms with Gasteiger partial charge in [-0.2, -0.15) is 0 Å². The third-order valence-corrected chi connectivity index (χ3v) is 2.59. The van der Waals surface area contributed by atoms with Gasteiger partial charge in [-0.3, -0.25) is 0 Å². The first kappa shape index (κ1) is 14.2. The van der Waals surface area contributed by atoms with Crippen LogP contribution in [0.15, 0.2) is 12.4 Å². The molecule has 1 aromatic rings. The van der Waals surface area contributed by atoms with Crippen molar-refractivity contribution in [3.8, 4) is 0 Å². The van der Waals surface area contributed by atoms with Gasteiger partial charge in [0.1, 0.15) is 0 Å². The molecule has 0 aliphatic carbocycles. The first-order chi connectivity index (χ1) is 7.04. The number of hydrogen-bond donors (Lipinski definition) is 0. The summed E-state index contributed by atoms with van der Waals surface area (Å²) in [6, 6.07) is 0. The monoisotopic (exact) mass is 208 g/mol. The molecule has 15 heavy (non-hydrogen) atoms. The minimum Gasteiger partial charge on any atom is -0.217 e. The first-order valence-corrected chi connectivity index (χ1v) is 6.04. The normalized spacial score (nSPS) is 10.2. The van der Waals surface area contributed by atoms with Crippen LogP contribution in [0.3, 0.4) is 0 Å². The van der Waals surface area contributed by atoms with Gasteiger partial charge in [-0.25, -0.2) is 4.98 Å². The van der Waals surface area contributed by atoms with E-state index in [0.29, 0.717) is 11.8 Å². The van der Waals surface area contributed by atoms with Crippen LogP contribution in [-0.2, 0) is 0 Å². The molecule has 1 nitrogen and oxygen atoms in total. The molecular weight excluding hydrogens is 182 g/mol. The molecule has 1 N–H and O–H groups in total. The molecule has 0 aliphatic heterocycles. The summed E-state index contributed by atoms with van der Waals surface area (Å²) >= 11 is 0. The number of aromatic nitrogens is 1. The standard InChI is InChI=1S/C12H19N.C2H6/c1-8(2)11-6-13-7-12(9(3)4)10(11)5;1-2/h6-9H,1-5H3;1-2H3/p+1. The lowest BCUT2D eigenvalue weighted by atomic mass is 9.92. The molecule has 86 valence electrons. The van der Waals surface area contributed by atoms with E-state index >= 15 is 0 Å². The molecule has 0 atom stereocenters. The summed E-state index contributed by atoms with van der Waals surface area (Å²) in [5.41, 5.74) is 4.32. The van der Waals surface area contributed by atoms with Crippen LogP contribution in [0.25, 0.3) is 0 Å². The number of aromatic amines is 1. The van der Waals surface area contributed by atoms with Crippen LogP contribution < -0.4 is 4.98 Å². The Bertz CT molecular complexity index is 261. The van der Waals surface area contributed by atoms with Crippen molar-refractivity contribution in [2.24, 2.45) is 0 Å². The Morgan fingerprint density at radius 1 is 0.867 bits per heavy atom. The van der Waals surface area contributed by atoms with Gasteiger partial charge in [-0.1, -0.05) is 41.5 Å². The van der Waals surface area contributed by atoms with E-state index in [1.165, 1.54) is 16.7 Å². The zero-order valence-electron chi connectivity index (χ0n) is 11.3. The van der Waals surface area contributed by atoms with E-state index in [1.807, 2.05) is 13.8 Å². The van der Waals surface area contributed by atoms with Crippen LogP contribution in [0.5, 0.6) is 0 Å². The second-order valence-corrected chi connectivity index (χ2v) is 4.30. The van der Waals surface area contributed by atoms with E-state index < -0.39 is 0 Å². The summed E-state index contributed by atoms with van der Waals surface area (Å²) in [5.74, 6) is 1.21. The fourth-order valence-electron chi connectivity index (χ4n) is 1.80. The minimum absolute atomic E-state index is 0.606. The first-order valence-electron chi connectivity index (χ1n) is 6.04. The average Bonchev–Trinajstić information content (AvgIpc) is 2.20. The Labute approximate surface area is 94.9 Å². The Hall–Kier alpha value is -0.850. The van der Waals surface area contributed by atoms with E-state index in [4.69, 9.17) is 0 Å². The molecule has 1 rings (SSSR count). The van der Waals surface area contributed by atoms with E-state index in [0.717, 1.165) is 0 Å². The average molecular weight is 208 g/mol. The molecule has 0 saturated carbocycles. The van der Waals surface area contributed by atoms with Crippen molar-refractivity contribution in [2.45, 2.75) is 60.3 Å². The van der Waals surface area contributed by atoms with Gasteiger partial charge in [0.05, 0.1) is 0 Å². The maximum Gasteiger partial charge on any atom is 0.170 e. The summed E-state index contributed by atoms with van der Waals surface area (Å²) in [6.45, 7) is 15.2. The van der Waals surface area contributed by atoms with Gasteiger partial charge in [-0.15, -0.1) is 0 Å². The molecular formula is C14H26N+. The Morgan fingerprint density at radius 3 is 1.47 bits per heavy atom. The lowest BCUT2D eigenvalue weighted by molar-refractivity contribution is -0.379. The van der Waals surface area contributed by atoms with Crippen molar-refractivity contribution in [3.63, 3.8) is 0 Å². The van der Waals surface area contributed by atoms with Gasteiger partial charge in [0, 0.05) is 11.1 Å². The van der Waals surface area contributed by atoms with Crippen LogP contribution in [0, 0.1) is 6.92 Å². The number of pyridine rings is 1. The highest BCUT2D eigenvalue weighted by molar-refractivity contribution is 5.32. The minimum atomic E-state index is 0.606. The van der Waals surface area contributed by atoms with Gasteiger partial charge in [0.15, 0.2) is 12.4 Å². The highest BCUT2D eigenvalue weighted by atomic mass is 14.6. The zero-order valence-corrected chi connectivity index (χ0v) is 11.3. The Kier molecular flexibility index (Phi) is 6.23. The summed E-state index contributed by atoms with van der Waals surface area (Å²) in [6.07, 6.45) is 4.23. The third kappa shape index (κ3) is 3.65. The molecule has 0 bridgehead atoms. The molecule has 1 aromatic heterocycles. The molecule has 0 saturated heterocycles. The lowest BCUT2D eigenvalue weighted by Crippen LogP contribution is -2.10. The maximum absolute atomic E-state index is 3.23. The van der Waals surface area contributed by atoms with E-state index in [1.54, 1.807) is 0 Å². The second-order valence-electron chi connectivity index (χ2n) is 4.30. The Morgan fingerprint density at radius 2 is 1.20 bits per heavy atom. The summed E-state index contributed by atoms with van der Waals surface area (Å²) in [5, 5.41) is 0. The second kappa shape index (κ2) is 6.60. The summed E-state index contributed by atoms with van der Waals surface area (Å²) in [7, 11) is 0. The van der Waals surface area contributed by atoms with Crippen molar-refractivity contribution < 1.29 is 4.98 Å².